The molecule has 1 N–H and O–H groups in total. The van der Waals surface area contributed by atoms with E-state index in [1.165, 1.54) is 11.8 Å². The Morgan fingerprint density at radius 1 is 1.38 bits per heavy atom. The number of halogens is 1. The number of benzene rings is 1. The van der Waals surface area contributed by atoms with Crippen molar-refractivity contribution in [3.8, 4) is 0 Å². The molecule has 0 spiro atoms. The van der Waals surface area contributed by atoms with E-state index in [0.717, 1.165) is 10.0 Å². The molecule has 1 amide bonds. The molecule has 0 unspecified atom stereocenters. The first-order valence-corrected chi connectivity index (χ1v) is 9.55. The number of carbonyl (C=O) groups is 1. The number of nitrogens with one attached hydrogen (secondary N) is 1. The summed E-state index contributed by atoms with van der Waals surface area (Å²) >= 11 is 4.88. The van der Waals surface area contributed by atoms with Gasteiger partial charge in [-0.2, -0.15) is 0 Å². The Labute approximate surface area is 154 Å². The van der Waals surface area contributed by atoms with E-state index in [2.05, 4.69) is 25.9 Å². The van der Waals surface area contributed by atoms with Gasteiger partial charge in [-0.3, -0.25) is 9.59 Å². The molecule has 0 bridgehead atoms. The van der Waals surface area contributed by atoms with Crippen LogP contribution in [0.25, 0.3) is 0 Å². The number of H-pyrrole nitrogens is 1. The van der Waals surface area contributed by atoms with Gasteiger partial charge < -0.3 is 9.88 Å². The third kappa shape index (κ3) is 4.70. The van der Waals surface area contributed by atoms with Crippen molar-refractivity contribution in [3.63, 3.8) is 0 Å². The van der Waals surface area contributed by atoms with Crippen molar-refractivity contribution in [1.82, 2.24) is 14.9 Å². The molecule has 24 heavy (non-hydrogen) atoms. The molecule has 2 aromatic rings. The zero-order valence-corrected chi connectivity index (χ0v) is 16.3. The van der Waals surface area contributed by atoms with Crippen LogP contribution in [0.3, 0.4) is 0 Å². The van der Waals surface area contributed by atoms with E-state index in [9.17, 15) is 9.59 Å². The van der Waals surface area contributed by atoms with Gasteiger partial charge in [-0.25, -0.2) is 4.98 Å². The molecular weight excluding hydrogens is 390 g/mol. The molecule has 0 aliphatic heterocycles. The van der Waals surface area contributed by atoms with E-state index in [4.69, 9.17) is 0 Å². The van der Waals surface area contributed by atoms with Gasteiger partial charge in [-0.1, -0.05) is 45.9 Å². The van der Waals surface area contributed by atoms with E-state index in [1.54, 1.807) is 18.9 Å². The molecule has 1 heterocycles. The summed E-state index contributed by atoms with van der Waals surface area (Å²) in [5.74, 6) is -0.00139. The molecule has 2 rings (SSSR count). The van der Waals surface area contributed by atoms with Gasteiger partial charge >= 0.3 is 0 Å². The summed E-state index contributed by atoms with van der Waals surface area (Å²) in [4.78, 5) is 33.2. The Balaban J connectivity index is 2.00. The number of aryl methyl sites for hydroxylation is 1. The molecule has 1 aromatic carbocycles. The van der Waals surface area contributed by atoms with E-state index in [0.29, 0.717) is 29.4 Å². The Hall–Kier alpha value is -1.60. The van der Waals surface area contributed by atoms with Gasteiger partial charge in [-0.05, 0) is 31.2 Å². The molecule has 0 saturated carbocycles. The molecule has 0 fully saturated rings. The summed E-state index contributed by atoms with van der Waals surface area (Å²) in [7, 11) is 1.77. The van der Waals surface area contributed by atoms with Gasteiger partial charge in [0.25, 0.3) is 5.56 Å². The van der Waals surface area contributed by atoms with Gasteiger partial charge in [0.15, 0.2) is 5.16 Å². The first-order valence-electron chi connectivity index (χ1n) is 7.53. The first-order chi connectivity index (χ1) is 11.4. The smallest absolute Gasteiger partial charge is 0.254 e. The third-order valence-corrected chi connectivity index (χ3v) is 5.13. The highest BCUT2D eigenvalue weighted by atomic mass is 79.9. The molecule has 1 aromatic heterocycles. The van der Waals surface area contributed by atoms with E-state index in [-0.39, 0.29) is 17.9 Å². The second-order valence-electron chi connectivity index (χ2n) is 5.48. The fourth-order valence-corrected chi connectivity index (χ4v) is 3.20. The van der Waals surface area contributed by atoms with Crippen LogP contribution < -0.4 is 5.56 Å². The number of aromatic nitrogens is 2. The lowest BCUT2D eigenvalue weighted by Crippen LogP contribution is -2.27. The molecule has 7 heteroatoms. The van der Waals surface area contributed by atoms with Crippen LogP contribution in [0.15, 0.2) is 38.7 Å². The second kappa shape index (κ2) is 8.48. The second-order valence-corrected chi connectivity index (χ2v) is 7.13. The van der Waals surface area contributed by atoms with Crippen molar-refractivity contribution < 1.29 is 4.79 Å². The minimum Gasteiger partial charge on any atom is -0.341 e. The maximum Gasteiger partial charge on any atom is 0.254 e. The Kier molecular flexibility index (Phi) is 6.62. The molecule has 0 radical (unpaired) electrons. The normalized spacial score (nSPS) is 10.7. The summed E-state index contributed by atoms with van der Waals surface area (Å²) in [5, 5.41) is 0.596. The van der Waals surface area contributed by atoms with Crippen molar-refractivity contribution in [2.45, 2.75) is 31.5 Å². The van der Waals surface area contributed by atoms with Crippen LogP contribution in [0.1, 0.15) is 23.2 Å². The van der Waals surface area contributed by atoms with E-state index >= 15 is 0 Å². The predicted octanol–water partition coefficient (Wildman–Crippen LogP) is 3.15. The summed E-state index contributed by atoms with van der Waals surface area (Å²) in [6, 6.07) is 7.82. The molecule has 0 atom stereocenters. The van der Waals surface area contributed by atoms with Crippen LogP contribution in [0.4, 0.5) is 0 Å². The highest BCUT2D eigenvalue weighted by Crippen LogP contribution is 2.18. The van der Waals surface area contributed by atoms with Crippen LogP contribution >= 0.6 is 27.7 Å². The van der Waals surface area contributed by atoms with Crippen molar-refractivity contribution in [1.29, 1.82) is 0 Å². The number of nitrogens with zero attached hydrogens (tertiary/aromatic N) is 2. The van der Waals surface area contributed by atoms with E-state index < -0.39 is 0 Å². The molecule has 0 aliphatic rings. The fraction of sp³-hybridized carbons (Fsp3) is 0.353. The zero-order valence-electron chi connectivity index (χ0n) is 13.9. The number of hydrogen-bond donors (Lipinski definition) is 1. The minimum atomic E-state index is -0.159. The number of hydrogen-bond acceptors (Lipinski definition) is 4. The molecule has 0 aliphatic carbocycles. The molecule has 128 valence electrons. The predicted molar refractivity (Wildman–Crippen MR) is 100 cm³/mol. The zero-order chi connectivity index (χ0) is 17.7. The summed E-state index contributed by atoms with van der Waals surface area (Å²) < 4.78 is 0.980. The molecular formula is C17H20BrN3O2S. The lowest BCUT2D eigenvalue weighted by Gasteiger charge is -2.18. The van der Waals surface area contributed by atoms with Crippen LogP contribution in [0.5, 0.6) is 0 Å². The van der Waals surface area contributed by atoms with Crippen molar-refractivity contribution in [3.05, 3.63) is 55.9 Å². The lowest BCUT2D eigenvalue weighted by atomic mass is 10.1. The fourth-order valence-electron chi connectivity index (χ4n) is 2.37. The van der Waals surface area contributed by atoms with Crippen molar-refractivity contribution >= 4 is 33.6 Å². The maximum absolute atomic E-state index is 12.4. The standard InChI is InChI=1S/C17H20BrN3O2S/c1-11-13(16(23)20-17(19-11)24-3)8-9-15(22)21(2)10-12-6-4-5-7-14(12)18/h4-7H,8-10H2,1-3H3,(H,19,20,23). The lowest BCUT2D eigenvalue weighted by molar-refractivity contribution is -0.130. The first kappa shape index (κ1) is 18.7. The quantitative estimate of drug-likeness (QED) is 0.587. The number of thioether (sulfide) groups is 1. The topological polar surface area (TPSA) is 66.1 Å². The van der Waals surface area contributed by atoms with Gasteiger partial charge in [0.2, 0.25) is 5.91 Å². The average molecular weight is 410 g/mol. The van der Waals surface area contributed by atoms with Crippen molar-refractivity contribution in [2.75, 3.05) is 13.3 Å². The van der Waals surface area contributed by atoms with Crippen LogP contribution in [-0.4, -0.2) is 34.1 Å². The van der Waals surface area contributed by atoms with Gasteiger partial charge in [0.1, 0.15) is 0 Å². The highest BCUT2D eigenvalue weighted by molar-refractivity contribution is 9.10. The number of rotatable bonds is 6. The summed E-state index contributed by atoms with van der Waals surface area (Å²) in [6.45, 7) is 2.33. The Morgan fingerprint density at radius 2 is 2.08 bits per heavy atom. The Bertz CT molecular complexity index is 792. The van der Waals surface area contributed by atoms with Gasteiger partial charge in [-0.15, -0.1) is 0 Å². The maximum atomic E-state index is 12.4. The summed E-state index contributed by atoms with van der Waals surface area (Å²) in [5.41, 5.74) is 2.15. The summed E-state index contributed by atoms with van der Waals surface area (Å²) in [6.07, 6.45) is 2.53. The van der Waals surface area contributed by atoms with Gasteiger partial charge in [0.05, 0.1) is 0 Å². The minimum absolute atomic E-state index is 0.00139. The van der Waals surface area contributed by atoms with Crippen molar-refractivity contribution in [2.24, 2.45) is 0 Å². The van der Waals surface area contributed by atoms with Crippen LogP contribution in [0.2, 0.25) is 0 Å². The average Bonchev–Trinajstić information content (AvgIpc) is 2.55. The Morgan fingerprint density at radius 3 is 2.71 bits per heavy atom. The molecule has 0 saturated heterocycles. The molecule has 5 nitrogen and oxygen atoms in total. The van der Waals surface area contributed by atoms with Crippen LogP contribution in [-0.2, 0) is 17.8 Å². The van der Waals surface area contributed by atoms with Crippen LogP contribution in [0, 0.1) is 6.92 Å². The largest absolute Gasteiger partial charge is 0.341 e. The van der Waals surface area contributed by atoms with E-state index in [1.807, 2.05) is 30.5 Å². The third-order valence-electron chi connectivity index (χ3n) is 3.77. The number of aromatic amines is 1. The monoisotopic (exact) mass is 409 g/mol. The van der Waals surface area contributed by atoms with Gasteiger partial charge in [0, 0.05) is 35.7 Å². The number of carbonyl (C=O) groups excluding carboxylic acids is 1. The number of amides is 1. The SMILES string of the molecule is CSc1nc(C)c(CCC(=O)N(C)Cc2ccccc2Br)c(=O)[nH]1. The highest BCUT2D eigenvalue weighted by Gasteiger charge is 2.14.